The van der Waals surface area contributed by atoms with E-state index in [0.29, 0.717) is 5.76 Å². The maximum atomic E-state index is 13.0. The molecule has 2 aliphatic carbocycles. The van der Waals surface area contributed by atoms with E-state index in [1.165, 1.54) is 0 Å². The van der Waals surface area contributed by atoms with Gasteiger partial charge in [-0.1, -0.05) is 12.8 Å². The van der Waals surface area contributed by atoms with Gasteiger partial charge in [-0.05, 0) is 40.5 Å². The molecule has 6 nitrogen and oxygen atoms in total. The van der Waals surface area contributed by atoms with Crippen molar-refractivity contribution in [2.45, 2.75) is 77.2 Å². The molecule has 24 heavy (non-hydrogen) atoms. The Hall–Kier alpha value is -1.72. The molecule has 3 atom stereocenters. The van der Waals surface area contributed by atoms with Gasteiger partial charge in [-0.25, -0.2) is 4.79 Å². The first kappa shape index (κ1) is 17.1. The van der Waals surface area contributed by atoms with Crippen LogP contribution in [0.25, 0.3) is 0 Å². The Bertz CT molecular complexity index is 582. The van der Waals surface area contributed by atoms with Gasteiger partial charge >= 0.3 is 6.09 Å². The van der Waals surface area contributed by atoms with Crippen LogP contribution in [-0.2, 0) is 19.0 Å². The van der Waals surface area contributed by atoms with E-state index in [2.05, 4.69) is 0 Å². The maximum absolute atomic E-state index is 13.0. The average molecular weight is 337 g/mol. The fourth-order valence-corrected chi connectivity index (χ4v) is 4.10. The molecule has 2 fully saturated rings. The zero-order valence-corrected chi connectivity index (χ0v) is 15.1. The molecule has 1 spiro atoms. The molecule has 3 rings (SSSR count). The minimum Gasteiger partial charge on any atom is -0.487 e. The van der Waals surface area contributed by atoms with E-state index in [0.717, 1.165) is 25.7 Å². The van der Waals surface area contributed by atoms with Gasteiger partial charge in [0, 0.05) is 19.0 Å². The summed E-state index contributed by atoms with van der Waals surface area (Å²) in [5.41, 5.74) is -1.29. The lowest BCUT2D eigenvalue weighted by atomic mass is 9.64. The lowest BCUT2D eigenvalue weighted by Crippen LogP contribution is -2.70. The molecule has 1 saturated heterocycles. The number of nitrogens with zero attached hydrogens (tertiary/aromatic N) is 1. The summed E-state index contributed by atoms with van der Waals surface area (Å²) in [4.78, 5) is 27.0. The molecule has 0 aromatic rings. The van der Waals surface area contributed by atoms with E-state index in [9.17, 15) is 9.59 Å². The third-order valence-corrected chi connectivity index (χ3v) is 5.08. The highest BCUT2D eigenvalue weighted by atomic mass is 16.6. The van der Waals surface area contributed by atoms with Crippen molar-refractivity contribution in [1.82, 2.24) is 4.90 Å². The third-order valence-electron chi connectivity index (χ3n) is 5.08. The fourth-order valence-electron chi connectivity index (χ4n) is 4.10. The second-order valence-electron chi connectivity index (χ2n) is 7.49. The fraction of sp³-hybridized carbons (Fsp3) is 0.778. The van der Waals surface area contributed by atoms with Crippen molar-refractivity contribution in [2.24, 2.45) is 5.92 Å². The average Bonchev–Trinajstić information content (AvgIpc) is 2.54. The Balaban J connectivity index is 2.04. The van der Waals surface area contributed by atoms with Crippen molar-refractivity contribution in [3.8, 4) is 0 Å². The number of Topliss-reactive ketones (excluding diaryl/α,β-unsaturated/α-hetero) is 1. The van der Waals surface area contributed by atoms with Crippen molar-refractivity contribution in [1.29, 1.82) is 0 Å². The first-order valence-electron chi connectivity index (χ1n) is 8.87. The van der Waals surface area contributed by atoms with Crippen molar-refractivity contribution in [2.75, 3.05) is 7.05 Å². The predicted octanol–water partition coefficient (Wildman–Crippen LogP) is 3.01. The number of hydrogen-bond donors (Lipinski definition) is 0. The van der Waals surface area contributed by atoms with Gasteiger partial charge in [-0.15, -0.1) is 0 Å². The van der Waals surface area contributed by atoms with E-state index in [4.69, 9.17) is 14.2 Å². The molecule has 0 aromatic carbocycles. The molecular weight excluding hydrogens is 310 g/mol. The normalized spacial score (nSPS) is 32.9. The summed E-state index contributed by atoms with van der Waals surface area (Å²) in [6.07, 6.45) is 3.08. The van der Waals surface area contributed by atoms with Gasteiger partial charge < -0.3 is 19.1 Å². The number of carbonyl (C=O) groups excluding carboxylic acids is 2. The number of rotatable bonds is 4. The Morgan fingerprint density at radius 2 is 1.71 bits per heavy atom. The number of carbonyl (C=O) groups is 2. The van der Waals surface area contributed by atoms with Gasteiger partial charge in [0.05, 0.1) is 12.2 Å². The van der Waals surface area contributed by atoms with Crippen LogP contribution in [0.3, 0.4) is 0 Å². The van der Waals surface area contributed by atoms with E-state index in [1.807, 2.05) is 27.7 Å². The topological polar surface area (TPSA) is 65.1 Å². The highest BCUT2D eigenvalue weighted by Gasteiger charge is 2.69. The SMILES string of the molecule is CC(C)OC1=C(OC(C)C)[C@]2(OC(=O)N(C)[C@@H]3CCCC[C@H]32)C1=O. The summed E-state index contributed by atoms with van der Waals surface area (Å²) in [7, 11) is 1.75. The van der Waals surface area contributed by atoms with E-state index < -0.39 is 11.7 Å². The van der Waals surface area contributed by atoms with E-state index in [-0.39, 0.29) is 35.7 Å². The van der Waals surface area contributed by atoms with Crippen LogP contribution in [0.5, 0.6) is 0 Å². The van der Waals surface area contributed by atoms with Gasteiger partial charge in [0.15, 0.2) is 5.76 Å². The second-order valence-corrected chi connectivity index (χ2v) is 7.49. The zero-order valence-electron chi connectivity index (χ0n) is 15.1. The van der Waals surface area contributed by atoms with Crippen molar-refractivity contribution in [3.63, 3.8) is 0 Å². The molecule has 1 saturated carbocycles. The van der Waals surface area contributed by atoms with Gasteiger partial charge in [-0.3, -0.25) is 4.79 Å². The molecular formula is C18H27NO5. The first-order chi connectivity index (χ1) is 11.3. The van der Waals surface area contributed by atoms with Gasteiger partial charge in [-0.2, -0.15) is 0 Å². The lowest BCUT2D eigenvalue weighted by Gasteiger charge is -2.55. The summed E-state index contributed by atoms with van der Waals surface area (Å²) in [5.74, 6) is 0.315. The Kier molecular flexibility index (Phi) is 4.26. The summed E-state index contributed by atoms with van der Waals surface area (Å²) >= 11 is 0. The molecule has 1 heterocycles. The van der Waals surface area contributed by atoms with Crippen LogP contribution >= 0.6 is 0 Å². The number of amides is 1. The van der Waals surface area contributed by atoms with Crippen molar-refractivity contribution >= 4 is 11.9 Å². The zero-order chi connectivity index (χ0) is 17.6. The molecule has 0 aromatic heterocycles. The molecule has 0 bridgehead atoms. The number of hydrogen-bond acceptors (Lipinski definition) is 5. The van der Waals surface area contributed by atoms with Crippen LogP contribution in [0.1, 0.15) is 53.4 Å². The summed E-state index contributed by atoms with van der Waals surface area (Å²) < 4.78 is 17.3. The monoisotopic (exact) mass is 337 g/mol. The highest BCUT2D eigenvalue weighted by Crippen LogP contribution is 2.53. The standard InChI is InChI=1S/C18H27NO5/c1-10(2)22-14-15(20)18(16(14)23-11(3)4)12-8-6-7-9-13(12)19(5)17(21)24-18/h10-13H,6-9H2,1-5H3/t12-,13-,18-/m1/s1. The highest BCUT2D eigenvalue weighted by molar-refractivity contribution is 6.12. The lowest BCUT2D eigenvalue weighted by molar-refractivity contribution is -0.177. The van der Waals surface area contributed by atoms with E-state index in [1.54, 1.807) is 11.9 Å². The van der Waals surface area contributed by atoms with Crippen molar-refractivity contribution < 1.29 is 23.8 Å². The second kappa shape index (κ2) is 5.97. The first-order valence-corrected chi connectivity index (χ1v) is 8.87. The predicted molar refractivity (Wildman–Crippen MR) is 87.2 cm³/mol. The largest absolute Gasteiger partial charge is 0.487 e. The van der Waals surface area contributed by atoms with E-state index >= 15 is 0 Å². The smallest absolute Gasteiger partial charge is 0.411 e. The van der Waals surface area contributed by atoms with Crippen LogP contribution in [-0.4, -0.2) is 47.7 Å². The minimum atomic E-state index is -1.29. The van der Waals surface area contributed by atoms with Crippen LogP contribution in [0, 0.1) is 5.92 Å². The molecule has 6 heteroatoms. The van der Waals surface area contributed by atoms with Gasteiger partial charge in [0.1, 0.15) is 0 Å². The van der Waals surface area contributed by atoms with Crippen LogP contribution in [0.4, 0.5) is 4.79 Å². The molecule has 1 aliphatic heterocycles. The summed E-state index contributed by atoms with van der Waals surface area (Å²) in [6.45, 7) is 7.52. The van der Waals surface area contributed by atoms with Gasteiger partial charge in [0.2, 0.25) is 11.4 Å². The number of ketones is 1. The summed E-state index contributed by atoms with van der Waals surface area (Å²) in [5, 5.41) is 0. The molecule has 1 amide bonds. The third kappa shape index (κ3) is 2.38. The maximum Gasteiger partial charge on any atom is 0.411 e. The van der Waals surface area contributed by atoms with Gasteiger partial charge in [0.25, 0.3) is 5.78 Å². The van der Waals surface area contributed by atoms with Crippen LogP contribution in [0.2, 0.25) is 0 Å². The number of fused-ring (bicyclic) bond motifs is 2. The minimum absolute atomic E-state index is 0.00955. The van der Waals surface area contributed by atoms with Crippen molar-refractivity contribution in [3.05, 3.63) is 11.5 Å². The quantitative estimate of drug-likeness (QED) is 0.789. The Morgan fingerprint density at radius 1 is 1.08 bits per heavy atom. The molecule has 0 radical (unpaired) electrons. The summed E-state index contributed by atoms with van der Waals surface area (Å²) in [6, 6.07) is 0.00955. The Morgan fingerprint density at radius 3 is 2.33 bits per heavy atom. The molecule has 0 N–H and O–H groups in total. The molecule has 3 aliphatic rings. The molecule has 134 valence electrons. The number of ether oxygens (including phenoxy) is 3. The van der Waals surface area contributed by atoms with Crippen LogP contribution < -0.4 is 0 Å². The Labute approximate surface area is 143 Å². The molecule has 0 unspecified atom stereocenters. The van der Waals surface area contributed by atoms with Crippen LogP contribution in [0.15, 0.2) is 11.5 Å².